The first-order valence-corrected chi connectivity index (χ1v) is 9.92. The fourth-order valence-electron chi connectivity index (χ4n) is 2.17. The molecule has 148 valence electrons. The van der Waals surface area contributed by atoms with Crippen molar-refractivity contribution in [3.8, 4) is 0 Å². The Morgan fingerprint density at radius 1 is 1.07 bits per heavy atom. The van der Waals surface area contributed by atoms with Crippen LogP contribution in [0.4, 0.5) is 11.4 Å². The first-order chi connectivity index (χ1) is 13.2. The van der Waals surface area contributed by atoms with E-state index in [-0.39, 0.29) is 24.7 Å². The molecular formula is C19H18Cl2N2O4S. The van der Waals surface area contributed by atoms with E-state index in [1.165, 1.54) is 11.8 Å². The lowest BCUT2D eigenvalue weighted by Gasteiger charge is -2.14. The van der Waals surface area contributed by atoms with Crippen LogP contribution in [0, 0.1) is 0 Å². The molecule has 0 aliphatic carbocycles. The van der Waals surface area contributed by atoms with Gasteiger partial charge in [-0.1, -0.05) is 29.3 Å². The van der Waals surface area contributed by atoms with Crippen LogP contribution in [0.1, 0.15) is 19.8 Å². The molecule has 0 bridgehead atoms. The molecule has 2 rings (SSSR count). The number of carboxylic acid groups (broad SMARTS) is 1. The SMILES string of the molecule is CC(Sc1cccc(NC(=O)CCC(=O)O)c1)C(=O)Nc1ccc(Cl)cc1Cl. The van der Waals surface area contributed by atoms with Crippen LogP contribution in [0.3, 0.4) is 0 Å². The van der Waals surface area contributed by atoms with Gasteiger partial charge in [0.1, 0.15) is 0 Å². The number of thioether (sulfide) groups is 1. The third-order valence-corrected chi connectivity index (χ3v) is 5.20. The minimum absolute atomic E-state index is 0.104. The Morgan fingerprint density at radius 3 is 2.50 bits per heavy atom. The number of nitrogens with one attached hydrogen (secondary N) is 2. The Labute approximate surface area is 176 Å². The summed E-state index contributed by atoms with van der Waals surface area (Å²) in [6.07, 6.45) is -0.335. The second kappa shape index (κ2) is 10.4. The molecule has 1 atom stereocenters. The number of rotatable bonds is 8. The van der Waals surface area contributed by atoms with Crippen molar-refractivity contribution in [1.29, 1.82) is 0 Å². The van der Waals surface area contributed by atoms with Crippen molar-refractivity contribution in [1.82, 2.24) is 0 Å². The summed E-state index contributed by atoms with van der Waals surface area (Å²) in [6.45, 7) is 1.75. The van der Waals surface area contributed by atoms with Gasteiger partial charge < -0.3 is 15.7 Å². The van der Waals surface area contributed by atoms with Gasteiger partial charge >= 0.3 is 5.97 Å². The van der Waals surface area contributed by atoms with Gasteiger partial charge in [0.25, 0.3) is 0 Å². The van der Waals surface area contributed by atoms with Crippen LogP contribution in [0.5, 0.6) is 0 Å². The molecule has 3 N–H and O–H groups in total. The minimum Gasteiger partial charge on any atom is -0.481 e. The third-order valence-electron chi connectivity index (χ3n) is 3.55. The molecule has 28 heavy (non-hydrogen) atoms. The number of benzene rings is 2. The number of anilines is 2. The first-order valence-electron chi connectivity index (χ1n) is 8.29. The van der Waals surface area contributed by atoms with Crippen molar-refractivity contribution in [2.24, 2.45) is 0 Å². The fourth-order valence-corrected chi connectivity index (χ4v) is 3.56. The molecule has 2 aromatic carbocycles. The average Bonchev–Trinajstić information content (AvgIpc) is 2.62. The molecule has 0 fully saturated rings. The van der Waals surface area contributed by atoms with Gasteiger partial charge in [0.05, 0.1) is 22.4 Å². The number of hydrogen-bond acceptors (Lipinski definition) is 4. The average molecular weight is 441 g/mol. The van der Waals surface area contributed by atoms with E-state index >= 15 is 0 Å². The highest BCUT2D eigenvalue weighted by Gasteiger charge is 2.16. The summed E-state index contributed by atoms with van der Waals surface area (Å²) in [4.78, 5) is 35.5. The quantitative estimate of drug-likeness (QED) is 0.506. The van der Waals surface area contributed by atoms with Crippen molar-refractivity contribution in [3.63, 3.8) is 0 Å². The highest BCUT2D eigenvalue weighted by molar-refractivity contribution is 8.00. The van der Waals surface area contributed by atoms with Gasteiger partial charge in [0, 0.05) is 22.0 Å². The number of amides is 2. The molecule has 9 heteroatoms. The molecule has 2 amide bonds. The summed E-state index contributed by atoms with van der Waals surface area (Å²) in [5.74, 6) is -1.64. The van der Waals surface area contributed by atoms with Crippen LogP contribution in [-0.2, 0) is 14.4 Å². The number of aliphatic carboxylic acids is 1. The lowest BCUT2D eigenvalue weighted by Crippen LogP contribution is -2.22. The van der Waals surface area contributed by atoms with E-state index in [0.717, 1.165) is 4.90 Å². The molecule has 0 saturated heterocycles. The maximum absolute atomic E-state index is 12.4. The zero-order valence-electron chi connectivity index (χ0n) is 14.9. The summed E-state index contributed by atoms with van der Waals surface area (Å²) in [5.41, 5.74) is 1.01. The second-order valence-electron chi connectivity index (χ2n) is 5.84. The fraction of sp³-hybridized carbons (Fsp3) is 0.211. The van der Waals surface area contributed by atoms with Crippen molar-refractivity contribution in [2.75, 3.05) is 10.6 Å². The zero-order chi connectivity index (χ0) is 20.7. The monoisotopic (exact) mass is 440 g/mol. The highest BCUT2D eigenvalue weighted by atomic mass is 35.5. The van der Waals surface area contributed by atoms with Crippen LogP contribution in [-0.4, -0.2) is 28.1 Å². The van der Waals surface area contributed by atoms with Gasteiger partial charge in [-0.3, -0.25) is 14.4 Å². The first kappa shape index (κ1) is 22.1. The lowest BCUT2D eigenvalue weighted by molar-refractivity contribution is -0.138. The maximum atomic E-state index is 12.4. The van der Waals surface area contributed by atoms with E-state index in [0.29, 0.717) is 21.4 Å². The minimum atomic E-state index is -1.03. The molecule has 1 unspecified atom stereocenters. The summed E-state index contributed by atoms with van der Waals surface area (Å²) in [5, 5.41) is 14.4. The molecule has 0 heterocycles. The van der Waals surface area contributed by atoms with E-state index in [1.54, 1.807) is 43.3 Å². The van der Waals surface area contributed by atoms with Crippen molar-refractivity contribution in [2.45, 2.75) is 29.9 Å². The van der Waals surface area contributed by atoms with Crippen LogP contribution in [0.2, 0.25) is 10.0 Å². The molecule has 0 radical (unpaired) electrons. The van der Waals surface area contributed by atoms with E-state index in [4.69, 9.17) is 28.3 Å². The van der Waals surface area contributed by atoms with E-state index < -0.39 is 11.2 Å². The van der Waals surface area contributed by atoms with Gasteiger partial charge in [-0.2, -0.15) is 0 Å². The van der Waals surface area contributed by atoms with Gasteiger partial charge in [0.15, 0.2) is 0 Å². The van der Waals surface area contributed by atoms with Gasteiger partial charge in [-0.25, -0.2) is 0 Å². The van der Waals surface area contributed by atoms with Crippen LogP contribution < -0.4 is 10.6 Å². The van der Waals surface area contributed by atoms with Gasteiger partial charge in [-0.05, 0) is 43.3 Å². The number of carbonyl (C=O) groups excluding carboxylic acids is 2. The Hall–Kier alpha value is -2.22. The van der Waals surface area contributed by atoms with E-state index in [2.05, 4.69) is 10.6 Å². The lowest BCUT2D eigenvalue weighted by atomic mass is 10.2. The zero-order valence-corrected chi connectivity index (χ0v) is 17.2. The van der Waals surface area contributed by atoms with Crippen molar-refractivity contribution >= 4 is 64.1 Å². The molecule has 0 saturated carbocycles. The molecule has 2 aromatic rings. The van der Waals surface area contributed by atoms with Crippen LogP contribution in [0.25, 0.3) is 0 Å². The molecule has 6 nitrogen and oxygen atoms in total. The van der Waals surface area contributed by atoms with Crippen molar-refractivity contribution in [3.05, 3.63) is 52.5 Å². The molecule has 0 aromatic heterocycles. The molecule has 0 aliphatic rings. The molecule has 0 aliphatic heterocycles. The Kier molecular flexibility index (Phi) is 8.17. The van der Waals surface area contributed by atoms with Gasteiger partial charge in [-0.15, -0.1) is 11.8 Å². The third kappa shape index (κ3) is 7.07. The van der Waals surface area contributed by atoms with E-state index in [9.17, 15) is 14.4 Å². The van der Waals surface area contributed by atoms with Crippen LogP contribution in [0.15, 0.2) is 47.4 Å². The number of carboxylic acids is 1. The summed E-state index contributed by atoms with van der Waals surface area (Å²) >= 11 is 13.2. The van der Waals surface area contributed by atoms with E-state index in [1.807, 2.05) is 6.07 Å². The maximum Gasteiger partial charge on any atom is 0.303 e. The standard InChI is InChI=1S/C19H18Cl2N2O4S/c1-11(19(27)23-16-6-5-12(20)9-15(16)21)28-14-4-2-3-13(10-14)22-17(24)7-8-18(25)26/h2-6,9-11H,7-8H2,1H3,(H,22,24)(H,23,27)(H,25,26). The summed E-state index contributed by atoms with van der Waals surface area (Å²) < 4.78 is 0. The Bertz CT molecular complexity index is 892. The van der Waals surface area contributed by atoms with Crippen LogP contribution >= 0.6 is 35.0 Å². The number of halogens is 2. The molecular weight excluding hydrogens is 423 g/mol. The second-order valence-corrected chi connectivity index (χ2v) is 8.10. The predicted octanol–water partition coefficient (Wildman–Crippen LogP) is 4.92. The number of carbonyl (C=O) groups is 3. The highest BCUT2D eigenvalue weighted by Crippen LogP contribution is 2.29. The molecule has 0 spiro atoms. The van der Waals surface area contributed by atoms with Crippen molar-refractivity contribution < 1.29 is 19.5 Å². The summed E-state index contributed by atoms with van der Waals surface area (Å²) in [6, 6.07) is 11.8. The largest absolute Gasteiger partial charge is 0.481 e. The Balaban J connectivity index is 1.95. The van der Waals surface area contributed by atoms with Gasteiger partial charge in [0.2, 0.25) is 11.8 Å². The smallest absolute Gasteiger partial charge is 0.303 e. The normalized spacial score (nSPS) is 11.5. The predicted molar refractivity (Wildman–Crippen MR) is 112 cm³/mol. The Morgan fingerprint density at radius 2 is 1.82 bits per heavy atom. The number of hydrogen-bond donors (Lipinski definition) is 3. The topological polar surface area (TPSA) is 95.5 Å². The summed E-state index contributed by atoms with van der Waals surface area (Å²) in [7, 11) is 0.